The number of methoxy groups -OCH3 is 1. The lowest BCUT2D eigenvalue weighted by Crippen LogP contribution is -2.48. The van der Waals surface area contributed by atoms with Gasteiger partial charge in [-0.2, -0.15) is 5.10 Å². The zero-order valence-corrected chi connectivity index (χ0v) is 18.1. The average molecular weight is 441 g/mol. The molecule has 2 amide bonds. The average Bonchev–Trinajstić information content (AvgIpc) is 3.48. The molecular weight excluding hydrogens is 418 g/mol. The van der Waals surface area contributed by atoms with Crippen LogP contribution in [0.25, 0.3) is 0 Å². The van der Waals surface area contributed by atoms with Gasteiger partial charge in [0.25, 0.3) is 5.91 Å². The largest absolute Gasteiger partial charge is 0.496 e. The van der Waals surface area contributed by atoms with Crippen molar-refractivity contribution in [3.63, 3.8) is 0 Å². The summed E-state index contributed by atoms with van der Waals surface area (Å²) in [4.78, 5) is 27.4. The summed E-state index contributed by atoms with van der Waals surface area (Å²) >= 11 is 0. The highest BCUT2D eigenvalue weighted by molar-refractivity contribution is 6.13. The number of anilines is 1. The molecule has 1 saturated heterocycles. The number of imide groups is 1. The Bertz CT molecular complexity index is 1200. The van der Waals surface area contributed by atoms with Gasteiger partial charge in [-0.05, 0) is 23.8 Å². The van der Waals surface area contributed by atoms with Crippen LogP contribution in [-0.4, -0.2) is 48.9 Å². The molecule has 2 aliphatic rings. The van der Waals surface area contributed by atoms with Gasteiger partial charge in [-0.25, -0.2) is 9.69 Å². The number of para-hydroxylation sites is 2. The van der Waals surface area contributed by atoms with Crippen LogP contribution in [0.1, 0.15) is 17.0 Å². The number of cyclic esters (lactones) is 1. The van der Waals surface area contributed by atoms with Crippen molar-refractivity contribution in [1.29, 1.82) is 0 Å². The maximum atomic E-state index is 13.9. The van der Waals surface area contributed by atoms with Crippen LogP contribution >= 0.6 is 0 Å². The van der Waals surface area contributed by atoms with Gasteiger partial charge in [0.05, 0.1) is 31.0 Å². The topological polar surface area (TPSA) is 71.4 Å². The number of nitrogens with zero attached hydrogens (tertiary/aromatic N) is 3. The van der Waals surface area contributed by atoms with Gasteiger partial charge in [-0.1, -0.05) is 66.7 Å². The number of carbonyl (C=O) groups is 2. The number of hydrazone groups is 1. The van der Waals surface area contributed by atoms with Crippen LogP contribution in [0.15, 0.2) is 90.0 Å². The highest BCUT2D eigenvalue weighted by Crippen LogP contribution is 2.41. The third kappa shape index (κ3) is 3.71. The van der Waals surface area contributed by atoms with E-state index in [9.17, 15) is 9.59 Å². The first-order valence-electron chi connectivity index (χ1n) is 10.8. The second-order valence-electron chi connectivity index (χ2n) is 7.80. The predicted molar refractivity (Wildman–Crippen MR) is 124 cm³/mol. The Labute approximate surface area is 191 Å². The summed E-state index contributed by atoms with van der Waals surface area (Å²) in [6, 6.07) is 26.1. The zero-order chi connectivity index (χ0) is 22.8. The molecule has 0 N–H and O–H groups in total. The smallest absolute Gasteiger partial charge is 0.416 e. The van der Waals surface area contributed by atoms with E-state index in [-0.39, 0.29) is 19.1 Å². The van der Waals surface area contributed by atoms with Crippen LogP contribution in [0.4, 0.5) is 10.5 Å². The van der Waals surface area contributed by atoms with Gasteiger partial charge in [-0.3, -0.25) is 9.80 Å². The molecule has 2 atom stereocenters. The Morgan fingerprint density at radius 1 is 0.970 bits per heavy atom. The van der Waals surface area contributed by atoms with E-state index in [2.05, 4.69) is 0 Å². The molecule has 2 aliphatic heterocycles. The predicted octanol–water partition coefficient (Wildman–Crippen LogP) is 4.05. The van der Waals surface area contributed by atoms with Crippen LogP contribution < -0.4 is 9.75 Å². The maximum absolute atomic E-state index is 13.9. The van der Waals surface area contributed by atoms with Crippen molar-refractivity contribution in [3.05, 3.63) is 96.1 Å². The van der Waals surface area contributed by atoms with Crippen LogP contribution in [0.5, 0.6) is 5.75 Å². The molecule has 0 bridgehead atoms. The minimum Gasteiger partial charge on any atom is -0.496 e. The maximum Gasteiger partial charge on any atom is 0.416 e. The number of amides is 2. The van der Waals surface area contributed by atoms with E-state index in [1.54, 1.807) is 12.1 Å². The molecule has 7 nitrogen and oxygen atoms in total. The van der Waals surface area contributed by atoms with Gasteiger partial charge in [0.1, 0.15) is 18.4 Å². The van der Waals surface area contributed by atoms with Gasteiger partial charge in [0, 0.05) is 5.56 Å². The first-order valence-corrected chi connectivity index (χ1v) is 10.8. The first-order chi connectivity index (χ1) is 16.2. The zero-order valence-electron chi connectivity index (χ0n) is 18.1. The van der Waals surface area contributed by atoms with Crippen LogP contribution in [0.3, 0.4) is 0 Å². The van der Waals surface area contributed by atoms with Gasteiger partial charge < -0.3 is 9.47 Å². The molecule has 0 aromatic heterocycles. The minimum atomic E-state index is -0.787. The molecule has 1 fully saturated rings. The van der Waals surface area contributed by atoms with Crippen molar-refractivity contribution in [2.45, 2.75) is 12.0 Å². The number of benzene rings is 3. The highest BCUT2D eigenvalue weighted by Gasteiger charge is 2.48. The second kappa shape index (κ2) is 8.78. The van der Waals surface area contributed by atoms with Crippen LogP contribution in [-0.2, 0) is 9.53 Å². The summed E-state index contributed by atoms with van der Waals surface area (Å²) < 4.78 is 10.7. The summed E-state index contributed by atoms with van der Waals surface area (Å²) in [5, 5.41) is 6.67. The van der Waals surface area contributed by atoms with E-state index in [0.717, 1.165) is 22.5 Å². The van der Waals surface area contributed by atoms with Crippen molar-refractivity contribution in [2.75, 3.05) is 25.3 Å². The van der Waals surface area contributed by atoms with E-state index in [4.69, 9.17) is 14.6 Å². The summed E-state index contributed by atoms with van der Waals surface area (Å²) in [5.41, 5.74) is 3.21. The van der Waals surface area contributed by atoms with E-state index in [1.165, 1.54) is 4.90 Å². The van der Waals surface area contributed by atoms with Gasteiger partial charge in [-0.15, -0.1) is 0 Å². The van der Waals surface area contributed by atoms with E-state index in [1.807, 2.05) is 84.9 Å². The first kappa shape index (κ1) is 20.8. The minimum absolute atomic E-state index is 0.189. The van der Waals surface area contributed by atoms with Gasteiger partial charge in [0.2, 0.25) is 0 Å². The fourth-order valence-electron chi connectivity index (χ4n) is 4.42. The SMILES string of the molecule is COc1ccccc1[C@H]1C(c2ccccc2)=NN(c2ccccc2)[C@@H]1C(=O)N1CCOC1=O. The van der Waals surface area contributed by atoms with Crippen molar-refractivity contribution in [3.8, 4) is 5.75 Å². The summed E-state index contributed by atoms with van der Waals surface area (Å²) in [6.45, 7) is 0.407. The monoisotopic (exact) mass is 441 g/mol. The number of hydrogen-bond acceptors (Lipinski definition) is 6. The Balaban J connectivity index is 1.71. The Kier molecular flexibility index (Phi) is 5.52. The normalized spacial score (nSPS) is 19.9. The molecule has 0 radical (unpaired) electrons. The quantitative estimate of drug-likeness (QED) is 0.597. The van der Waals surface area contributed by atoms with Crippen LogP contribution in [0.2, 0.25) is 0 Å². The number of ether oxygens (including phenoxy) is 2. The van der Waals surface area contributed by atoms with Crippen LogP contribution in [0, 0.1) is 0 Å². The summed E-state index contributed by atoms with van der Waals surface area (Å²) in [5.74, 6) is -0.167. The molecule has 2 heterocycles. The summed E-state index contributed by atoms with van der Waals surface area (Å²) in [6.07, 6.45) is -0.625. The molecule has 0 saturated carbocycles. The Morgan fingerprint density at radius 3 is 2.30 bits per heavy atom. The molecule has 7 heteroatoms. The van der Waals surface area contributed by atoms with E-state index in [0.29, 0.717) is 5.75 Å². The fourth-order valence-corrected chi connectivity index (χ4v) is 4.42. The molecule has 5 rings (SSSR count). The van der Waals surface area contributed by atoms with Gasteiger partial charge in [0.15, 0.2) is 0 Å². The molecule has 33 heavy (non-hydrogen) atoms. The standard InChI is InChI=1S/C26H23N3O4/c1-32-21-15-9-8-14-20(21)22-23(18-10-4-2-5-11-18)27-29(19-12-6-3-7-13-19)24(22)25(30)28-16-17-33-26(28)31/h2-15,22,24H,16-17H2,1H3/t22-,24-/m0/s1. The lowest BCUT2D eigenvalue weighted by molar-refractivity contribution is -0.129. The Hall–Kier alpha value is -4.13. The van der Waals surface area contributed by atoms with E-state index >= 15 is 0 Å². The Morgan fingerprint density at radius 2 is 1.64 bits per heavy atom. The van der Waals surface area contributed by atoms with E-state index < -0.39 is 18.1 Å². The lowest BCUT2D eigenvalue weighted by Gasteiger charge is -2.30. The van der Waals surface area contributed by atoms with Crippen molar-refractivity contribution < 1.29 is 19.1 Å². The van der Waals surface area contributed by atoms with Crippen molar-refractivity contribution >= 4 is 23.4 Å². The number of carbonyl (C=O) groups excluding carboxylic acids is 2. The molecule has 3 aromatic carbocycles. The molecule has 0 spiro atoms. The highest BCUT2D eigenvalue weighted by atomic mass is 16.6. The van der Waals surface area contributed by atoms with Crippen molar-refractivity contribution in [1.82, 2.24) is 4.90 Å². The lowest BCUT2D eigenvalue weighted by atomic mass is 9.83. The molecular formula is C26H23N3O4. The molecule has 3 aromatic rings. The van der Waals surface area contributed by atoms with Crippen molar-refractivity contribution in [2.24, 2.45) is 5.10 Å². The molecule has 0 aliphatic carbocycles. The number of hydrogen-bond donors (Lipinski definition) is 0. The van der Waals surface area contributed by atoms with Gasteiger partial charge >= 0.3 is 6.09 Å². The number of rotatable bonds is 5. The fraction of sp³-hybridized carbons (Fsp3) is 0.192. The summed E-state index contributed by atoms with van der Waals surface area (Å²) in [7, 11) is 1.61. The second-order valence-corrected chi connectivity index (χ2v) is 7.80. The third-order valence-electron chi connectivity index (χ3n) is 5.93. The molecule has 0 unspecified atom stereocenters. The molecule has 166 valence electrons. The third-order valence-corrected chi connectivity index (χ3v) is 5.93.